The Morgan fingerprint density at radius 1 is 1.50 bits per heavy atom. The molecule has 1 fully saturated rings. The van der Waals surface area contributed by atoms with E-state index >= 15 is 0 Å². The van der Waals surface area contributed by atoms with Gasteiger partial charge in [-0.25, -0.2) is 13.6 Å². The molecule has 0 aliphatic carbocycles. The summed E-state index contributed by atoms with van der Waals surface area (Å²) < 4.78 is 27.7. The summed E-state index contributed by atoms with van der Waals surface area (Å²) in [5.74, 6) is -4.50. The fourth-order valence-corrected chi connectivity index (χ4v) is 2.10. The zero-order valence-electron chi connectivity index (χ0n) is 10.9. The summed E-state index contributed by atoms with van der Waals surface area (Å²) in [6.07, 6.45) is 2.51. The van der Waals surface area contributed by atoms with Crippen LogP contribution < -0.4 is 0 Å². The van der Waals surface area contributed by atoms with Crippen LogP contribution in [0.3, 0.4) is 0 Å². The molecule has 2 rings (SSSR count). The second-order valence-electron chi connectivity index (χ2n) is 4.91. The van der Waals surface area contributed by atoms with Gasteiger partial charge in [-0.2, -0.15) is 5.10 Å². The Hall–Kier alpha value is -1.99. The van der Waals surface area contributed by atoms with Crippen LogP contribution >= 0.6 is 0 Å². The first kappa shape index (κ1) is 14.4. The third-order valence-corrected chi connectivity index (χ3v) is 3.28. The van der Waals surface area contributed by atoms with Crippen LogP contribution in [0.4, 0.5) is 8.78 Å². The molecule has 1 aromatic rings. The molecule has 1 N–H and O–H groups in total. The van der Waals surface area contributed by atoms with Gasteiger partial charge in [0.1, 0.15) is 6.04 Å². The van der Waals surface area contributed by atoms with Crippen LogP contribution in [-0.2, 0) is 4.79 Å². The predicted molar refractivity (Wildman–Crippen MR) is 64.7 cm³/mol. The van der Waals surface area contributed by atoms with Crippen molar-refractivity contribution in [1.82, 2.24) is 14.7 Å². The second-order valence-corrected chi connectivity index (χ2v) is 4.91. The molecular formula is C12H15F2N3O3. The number of piperidine rings is 1. The van der Waals surface area contributed by atoms with Gasteiger partial charge >= 0.3 is 5.97 Å². The van der Waals surface area contributed by atoms with E-state index in [0.29, 0.717) is 0 Å². The lowest BCUT2D eigenvalue weighted by atomic mass is 10.1. The van der Waals surface area contributed by atoms with Crippen LogP contribution in [-0.4, -0.2) is 50.7 Å². The van der Waals surface area contributed by atoms with Gasteiger partial charge in [-0.3, -0.25) is 9.48 Å². The summed E-state index contributed by atoms with van der Waals surface area (Å²) in [5.41, 5.74) is 0.121. The number of halogens is 2. The molecule has 8 heteroatoms. The largest absolute Gasteiger partial charge is 0.480 e. The molecule has 6 nitrogen and oxygen atoms in total. The predicted octanol–water partition coefficient (Wildman–Crippen LogP) is 1.40. The Bertz CT molecular complexity index is 530. The smallest absolute Gasteiger partial charge is 0.328 e. The van der Waals surface area contributed by atoms with E-state index in [-0.39, 0.29) is 24.9 Å². The van der Waals surface area contributed by atoms with Crippen molar-refractivity contribution in [3.8, 4) is 0 Å². The van der Waals surface area contributed by atoms with Crippen molar-refractivity contribution in [1.29, 1.82) is 0 Å². The standard InChI is InChI=1S/C12H15F2N3O3/c1-8(11(19)20)17-6-9(5-15-17)10(18)16-4-2-3-12(13,14)7-16/h5-6,8H,2-4,7H2,1H3,(H,19,20). The van der Waals surface area contributed by atoms with Gasteiger partial charge in [0.05, 0.1) is 18.3 Å². The molecule has 110 valence electrons. The SMILES string of the molecule is CC(C(=O)O)n1cc(C(=O)N2CCCC(F)(F)C2)cn1. The maximum atomic E-state index is 13.3. The number of carbonyl (C=O) groups is 2. The minimum absolute atomic E-state index is 0.121. The van der Waals surface area contributed by atoms with E-state index in [2.05, 4.69) is 5.10 Å². The van der Waals surface area contributed by atoms with E-state index in [1.165, 1.54) is 19.3 Å². The zero-order valence-corrected chi connectivity index (χ0v) is 10.9. The number of carboxylic acid groups (broad SMARTS) is 1. The molecule has 1 atom stereocenters. The molecule has 0 radical (unpaired) electrons. The van der Waals surface area contributed by atoms with E-state index in [9.17, 15) is 18.4 Å². The normalized spacial score (nSPS) is 19.6. The highest BCUT2D eigenvalue weighted by molar-refractivity contribution is 5.94. The van der Waals surface area contributed by atoms with Gasteiger partial charge in [0.15, 0.2) is 0 Å². The van der Waals surface area contributed by atoms with Gasteiger partial charge in [0.25, 0.3) is 11.8 Å². The second kappa shape index (κ2) is 5.18. The first-order valence-electron chi connectivity index (χ1n) is 6.24. The summed E-state index contributed by atoms with van der Waals surface area (Å²) in [5, 5.41) is 12.6. The van der Waals surface area contributed by atoms with E-state index in [1.807, 2.05) is 0 Å². The number of hydrogen-bond donors (Lipinski definition) is 1. The molecule has 1 aliphatic rings. The van der Waals surface area contributed by atoms with E-state index in [4.69, 9.17) is 5.11 Å². The Morgan fingerprint density at radius 3 is 2.80 bits per heavy atom. The molecule has 2 heterocycles. The molecule has 0 aromatic carbocycles. The minimum Gasteiger partial charge on any atom is -0.480 e. The number of carbonyl (C=O) groups excluding carboxylic acids is 1. The van der Waals surface area contributed by atoms with Crippen molar-refractivity contribution in [2.24, 2.45) is 0 Å². The number of aliphatic carboxylic acids is 1. The van der Waals surface area contributed by atoms with Crippen LogP contribution in [0.5, 0.6) is 0 Å². The quantitative estimate of drug-likeness (QED) is 0.911. The maximum Gasteiger partial charge on any atom is 0.328 e. The van der Waals surface area contributed by atoms with Crippen LogP contribution in [0, 0.1) is 0 Å². The number of carboxylic acids is 1. The summed E-state index contributed by atoms with van der Waals surface area (Å²) in [6.45, 7) is 1.08. The van der Waals surface area contributed by atoms with Crippen molar-refractivity contribution in [2.45, 2.75) is 31.7 Å². The number of likely N-dealkylation sites (tertiary alicyclic amines) is 1. The fourth-order valence-electron chi connectivity index (χ4n) is 2.10. The van der Waals surface area contributed by atoms with Crippen LogP contribution in [0.15, 0.2) is 12.4 Å². The Kier molecular flexibility index (Phi) is 3.74. The van der Waals surface area contributed by atoms with Gasteiger partial charge in [-0.1, -0.05) is 0 Å². The van der Waals surface area contributed by atoms with Gasteiger partial charge in [0, 0.05) is 19.2 Å². The lowest BCUT2D eigenvalue weighted by Gasteiger charge is -2.32. The molecule has 20 heavy (non-hydrogen) atoms. The van der Waals surface area contributed by atoms with E-state index in [1.54, 1.807) is 0 Å². The third kappa shape index (κ3) is 2.94. The van der Waals surface area contributed by atoms with Crippen molar-refractivity contribution in [3.63, 3.8) is 0 Å². The first-order valence-corrected chi connectivity index (χ1v) is 6.24. The van der Waals surface area contributed by atoms with E-state index in [0.717, 1.165) is 9.58 Å². The Morgan fingerprint density at radius 2 is 2.20 bits per heavy atom. The summed E-state index contributed by atoms with van der Waals surface area (Å²) in [7, 11) is 0. The number of nitrogens with zero attached hydrogens (tertiary/aromatic N) is 3. The van der Waals surface area contributed by atoms with Crippen molar-refractivity contribution in [3.05, 3.63) is 18.0 Å². The molecule has 1 saturated heterocycles. The average Bonchev–Trinajstić information content (AvgIpc) is 2.85. The molecule has 1 aliphatic heterocycles. The summed E-state index contributed by atoms with van der Waals surface area (Å²) >= 11 is 0. The zero-order chi connectivity index (χ0) is 14.9. The lowest BCUT2D eigenvalue weighted by Crippen LogP contribution is -2.45. The highest BCUT2D eigenvalue weighted by Gasteiger charge is 2.37. The molecule has 1 amide bonds. The highest BCUT2D eigenvalue weighted by atomic mass is 19.3. The van der Waals surface area contributed by atoms with Crippen molar-refractivity contribution in [2.75, 3.05) is 13.1 Å². The number of rotatable bonds is 3. The van der Waals surface area contributed by atoms with Gasteiger partial charge < -0.3 is 10.0 Å². The molecule has 1 aromatic heterocycles. The van der Waals surface area contributed by atoms with Crippen LogP contribution in [0.1, 0.15) is 36.2 Å². The fraction of sp³-hybridized carbons (Fsp3) is 0.583. The number of aromatic nitrogens is 2. The van der Waals surface area contributed by atoms with E-state index < -0.39 is 30.4 Å². The third-order valence-electron chi connectivity index (χ3n) is 3.28. The monoisotopic (exact) mass is 287 g/mol. The lowest BCUT2D eigenvalue weighted by molar-refractivity contribution is -0.140. The van der Waals surface area contributed by atoms with Gasteiger partial charge in [-0.15, -0.1) is 0 Å². The molecular weight excluding hydrogens is 272 g/mol. The number of alkyl halides is 2. The average molecular weight is 287 g/mol. The van der Waals surface area contributed by atoms with Gasteiger partial charge in [-0.05, 0) is 13.3 Å². The van der Waals surface area contributed by atoms with Crippen LogP contribution in [0.2, 0.25) is 0 Å². The molecule has 0 spiro atoms. The summed E-state index contributed by atoms with van der Waals surface area (Å²) in [4.78, 5) is 24.0. The summed E-state index contributed by atoms with van der Waals surface area (Å²) in [6, 6.07) is -0.917. The highest BCUT2D eigenvalue weighted by Crippen LogP contribution is 2.27. The molecule has 0 saturated carbocycles. The van der Waals surface area contributed by atoms with Gasteiger partial charge in [0.2, 0.25) is 0 Å². The van der Waals surface area contributed by atoms with Crippen LogP contribution in [0.25, 0.3) is 0 Å². The van der Waals surface area contributed by atoms with Crippen molar-refractivity contribution < 1.29 is 23.5 Å². The molecule has 1 unspecified atom stereocenters. The first-order chi connectivity index (χ1) is 9.30. The topological polar surface area (TPSA) is 75.4 Å². The Balaban J connectivity index is 2.12. The Labute approximate surface area is 114 Å². The van der Waals surface area contributed by atoms with Crippen molar-refractivity contribution >= 4 is 11.9 Å². The maximum absolute atomic E-state index is 13.3. The number of hydrogen-bond acceptors (Lipinski definition) is 3. The molecule has 0 bridgehead atoms. The number of amides is 1. The minimum atomic E-state index is -2.86.